The Kier molecular flexibility index (Phi) is 8.65. The molecule has 1 aliphatic rings. The van der Waals surface area contributed by atoms with Crippen LogP contribution in [0.2, 0.25) is 0 Å². The molecular weight excluding hydrogens is 487 g/mol. The van der Waals surface area contributed by atoms with Gasteiger partial charge in [-0.25, -0.2) is 4.98 Å². The third kappa shape index (κ3) is 7.36. The Morgan fingerprint density at radius 1 is 1.27 bits per heavy atom. The minimum Gasteiger partial charge on any atom is -0.385 e. The first-order valence-electron chi connectivity index (χ1n) is 11.8. The summed E-state index contributed by atoms with van der Waals surface area (Å²) in [7, 11) is 0. The number of nitrogens with one attached hydrogen (secondary N) is 3. The van der Waals surface area contributed by atoms with Crippen LogP contribution in [0.5, 0.6) is 0 Å². The molecule has 0 radical (unpaired) electrons. The molecule has 1 aromatic heterocycles. The van der Waals surface area contributed by atoms with Crippen LogP contribution >= 0.6 is 0 Å². The van der Waals surface area contributed by atoms with E-state index in [4.69, 9.17) is 10.7 Å². The Labute approximate surface area is 212 Å². The Bertz CT molecular complexity index is 1180. The van der Waals surface area contributed by atoms with Crippen LogP contribution in [0.1, 0.15) is 66.2 Å². The summed E-state index contributed by atoms with van der Waals surface area (Å²) in [5, 5.41) is 33.3. The number of nitrogens with zero attached hydrogens (tertiary/aromatic N) is 2. The van der Waals surface area contributed by atoms with E-state index in [1.807, 2.05) is 6.07 Å². The number of pyridine rings is 1. The molecule has 3 rings (SSSR count). The smallest absolute Gasteiger partial charge is 0.385 e. The number of aliphatic hydroxyl groups is 1. The van der Waals surface area contributed by atoms with Crippen molar-refractivity contribution in [2.75, 3.05) is 6.54 Å². The van der Waals surface area contributed by atoms with Crippen molar-refractivity contribution >= 4 is 17.5 Å². The van der Waals surface area contributed by atoms with Gasteiger partial charge in [-0.1, -0.05) is 12.1 Å². The third-order valence-corrected chi connectivity index (χ3v) is 6.52. The second-order valence-electron chi connectivity index (χ2n) is 9.31. The van der Waals surface area contributed by atoms with Crippen molar-refractivity contribution in [3.8, 4) is 6.07 Å². The monoisotopic (exact) mass is 515 g/mol. The van der Waals surface area contributed by atoms with Gasteiger partial charge in [0.1, 0.15) is 11.8 Å². The number of hydrogen-bond acceptors (Lipinski definition) is 6. The van der Waals surface area contributed by atoms with Crippen LogP contribution in [0.4, 0.5) is 13.2 Å². The maximum absolute atomic E-state index is 12.8. The number of aromatic nitrogens is 1. The average Bonchev–Trinajstić information content (AvgIpc) is 2.87. The van der Waals surface area contributed by atoms with Crippen molar-refractivity contribution in [3.63, 3.8) is 0 Å². The number of hydrogen-bond donors (Lipinski definition) is 4. The van der Waals surface area contributed by atoms with Crippen LogP contribution in [0.3, 0.4) is 0 Å². The first-order chi connectivity index (χ1) is 17.4. The van der Waals surface area contributed by atoms with Crippen LogP contribution in [-0.2, 0) is 16.6 Å². The summed E-state index contributed by atoms with van der Waals surface area (Å²) in [6.45, 7) is 1.31. The maximum Gasteiger partial charge on any atom is 0.416 e. The number of carbonyl (C=O) groups excluding carboxylic acids is 2. The number of halogens is 3. The minimum absolute atomic E-state index is 0.0495. The molecule has 8 nitrogen and oxygen atoms in total. The molecule has 0 saturated heterocycles. The van der Waals surface area contributed by atoms with Crippen molar-refractivity contribution < 1.29 is 27.9 Å². The highest BCUT2D eigenvalue weighted by atomic mass is 19.4. The Hall–Kier alpha value is -3.78. The van der Waals surface area contributed by atoms with Gasteiger partial charge >= 0.3 is 6.18 Å². The Balaban J connectivity index is 1.43. The fraction of sp³-hybridized carbons (Fsp3) is 0.423. The highest BCUT2D eigenvalue weighted by Crippen LogP contribution is 2.40. The van der Waals surface area contributed by atoms with Gasteiger partial charge in [-0.2, -0.15) is 18.4 Å². The highest BCUT2D eigenvalue weighted by Gasteiger charge is 2.36. The van der Waals surface area contributed by atoms with E-state index in [9.17, 15) is 27.9 Å². The molecule has 1 saturated carbocycles. The summed E-state index contributed by atoms with van der Waals surface area (Å²) < 4.78 is 38.5. The van der Waals surface area contributed by atoms with Crippen molar-refractivity contribution in [1.82, 2.24) is 15.6 Å². The molecule has 1 aromatic carbocycles. The molecule has 1 aliphatic carbocycles. The van der Waals surface area contributed by atoms with Gasteiger partial charge in [-0.15, -0.1) is 0 Å². The highest BCUT2D eigenvalue weighted by molar-refractivity contribution is 5.96. The maximum atomic E-state index is 12.8. The lowest BCUT2D eigenvalue weighted by atomic mass is 9.73. The lowest BCUT2D eigenvalue weighted by Crippen LogP contribution is -2.42. The van der Waals surface area contributed by atoms with Crippen molar-refractivity contribution in [3.05, 3.63) is 65.0 Å². The molecule has 2 amide bonds. The number of nitriles is 1. The molecule has 0 aliphatic heterocycles. The van der Waals surface area contributed by atoms with Crippen molar-refractivity contribution in [2.45, 2.75) is 56.8 Å². The zero-order valence-electron chi connectivity index (χ0n) is 20.2. The standard InChI is InChI=1S/C26H28F3N5O3/c1-16(34-23(35)15-33-24(36)18-3-2-4-19(12-18)26(27,28)29)11-22(31)17-7-9-25(37,10-8-17)20-5-6-21(13-30)32-14-20/h2-6,12,14,16-17,31,37H,7-11,15H2,1H3,(H,33,36)(H,34,35)/t16-,17?,25?/m1/s1. The van der Waals surface area contributed by atoms with Gasteiger partial charge in [0, 0.05) is 35.5 Å². The molecule has 1 fully saturated rings. The van der Waals surface area contributed by atoms with Crippen LogP contribution in [0, 0.1) is 22.7 Å². The van der Waals surface area contributed by atoms with Gasteiger partial charge in [0.25, 0.3) is 5.91 Å². The number of carbonyl (C=O) groups is 2. The van der Waals surface area contributed by atoms with E-state index >= 15 is 0 Å². The number of amides is 2. The van der Waals surface area contributed by atoms with Gasteiger partial charge < -0.3 is 21.1 Å². The average molecular weight is 516 g/mol. The van der Waals surface area contributed by atoms with E-state index in [1.165, 1.54) is 12.3 Å². The number of alkyl halides is 3. The lowest BCUT2D eigenvalue weighted by molar-refractivity contribution is -0.137. The van der Waals surface area contributed by atoms with E-state index in [0.717, 1.165) is 18.2 Å². The topological polar surface area (TPSA) is 139 Å². The number of rotatable bonds is 8. The van der Waals surface area contributed by atoms with Crippen molar-refractivity contribution in [2.24, 2.45) is 5.92 Å². The van der Waals surface area contributed by atoms with Gasteiger partial charge in [-0.05, 0) is 62.8 Å². The summed E-state index contributed by atoms with van der Waals surface area (Å²) in [4.78, 5) is 28.4. The van der Waals surface area contributed by atoms with E-state index in [-0.39, 0.29) is 23.6 Å². The zero-order valence-corrected chi connectivity index (χ0v) is 20.2. The predicted octanol–water partition coefficient (Wildman–Crippen LogP) is 3.69. The first kappa shape index (κ1) is 27.8. The fourth-order valence-electron chi connectivity index (χ4n) is 4.44. The van der Waals surface area contributed by atoms with E-state index < -0.39 is 41.7 Å². The minimum atomic E-state index is -4.58. The molecule has 0 spiro atoms. The largest absolute Gasteiger partial charge is 0.416 e. The van der Waals surface area contributed by atoms with Gasteiger partial charge in [0.05, 0.1) is 17.7 Å². The van der Waals surface area contributed by atoms with Crippen LogP contribution in [-0.4, -0.2) is 40.2 Å². The molecule has 0 bridgehead atoms. The van der Waals surface area contributed by atoms with Crippen LogP contribution < -0.4 is 10.6 Å². The zero-order chi connectivity index (χ0) is 27.2. The Morgan fingerprint density at radius 2 is 1.97 bits per heavy atom. The van der Waals surface area contributed by atoms with Crippen LogP contribution in [0.15, 0.2) is 42.6 Å². The SMILES string of the molecule is C[C@H](CC(=N)C1CCC(O)(c2ccc(C#N)nc2)CC1)NC(=O)CNC(=O)c1cccc(C(F)(F)F)c1. The molecule has 1 heterocycles. The Morgan fingerprint density at radius 3 is 2.57 bits per heavy atom. The lowest BCUT2D eigenvalue weighted by Gasteiger charge is -2.36. The van der Waals surface area contributed by atoms with E-state index in [0.29, 0.717) is 37.0 Å². The molecule has 11 heteroatoms. The summed E-state index contributed by atoms with van der Waals surface area (Å²) in [5.41, 5.74) is -0.854. The first-order valence-corrected chi connectivity index (χ1v) is 11.8. The summed E-state index contributed by atoms with van der Waals surface area (Å²) in [6, 6.07) is 8.74. The number of benzene rings is 1. The molecule has 0 unspecified atom stereocenters. The molecular formula is C26H28F3N5O3. The quantitative estimate of drug-likeness (QED) is 0.397. The van der Waals surface area contributed by atoms with Crippen LogP contribution in [0.25, 0.3) is 0 Å². The second-order valence-corrected chi connectivity index (χ2v) is 9.31. The van der Waals surface area contributed by atoms with Crippen molar-refractivity contribution in [1.29, 1.82) is 10.7 Å². The summed E-state index contributed by atoms with van der Waals surface area (Å²) in [5.74, 6) is -1.37. The third-order valence-electron chi connectivity index (χ3n) is 6.52. The summed E-state index contributed by atoms with van der Waals surface area (Å²) >= 11 is 0. The predicted molar refractivity (Wildman–Crippen MR) is 129 cm³/mol. The molecule has 37 heavy (non-hydrogen) atoms. The molecule has 196 valence electrons. The second kappa shape index (κ2) is 11.5. The molecule has 1 atom stereocenters. The van der Waals surface area contributed by atoms with E-state index in [2.05, 4.69) is 15.6 Å². The van der Waals surface area contributed by atoms with Gasteiger partial charge in [-0.3, -0.25) is 9.59 Å². The van der Waals surface area contributed by atoms with E-state index in [1.54, 1.807) is 19.1 Å². The van der Waals surface area contributed by atoms with Gasteiger partial charge in [0.15, 0.2) is 0 Å². The fourth-order valence-corrected chi connectivity index (χ4v) is 4.44. The normalized spacial score (nSPS) is 20.4. The molecule has 4 N–H and O–H groups in total. The molecule has 2 aromatic rings. The summed E-state index contributed by atoms with van der Waals surface area (Å²) in [6.07, 6.45) is -0.730. The van der Waals surface area contributed by atoms with Gasteiger partial charge in [0.2, 0.25) is 5.91 Å².